The van der Waals surface area contributed by atoms with Gasteiger partial charge in [0.15, 0.2) is 0 Å². The van der Waals surface area contributed by atoms with E-state index >= 15 is 0 Å². The quantitative estimate of drug-likeness (QED) is 0.0600. The van der Waals surface area contributed by atoms with Crippen LogP contribution in [-0.4, -0.2) is 88.6 Å². The molecule has 0 saturated carbocycles. The summed E-state index contributed by atoms with van der Waals surface area (Å²) in [6.45, 7) is 6.17. The zero-order valence-electron chi connectivity index (χ0n) is 61.7. The molecule has 0 aromatic heterocycles. The van der Waals surface area contributed by atoms with E-state index in [1.165, 1.54) is 109 Å². The van der Waals surface area contributed by atoms with Crippen molar-refractivity contribution in [2.24, 2.45) is 0 Å². The Bertz CT molecular complexity index is 4700. The van der Waals surface area contributed by atoms with Crippen molar-refractivity contribution in [3.05, 3.63) is 310 Å². The molecule has 0 heterocycles. The van der Waals surface area contributed by atoms with Gasteiger partial charge in [-0.3, -0.25) is 0 Å². The average Bonchev–Trinajstić information content (AvgIpc) is 0.844. The zero-order chi connectivity index (χ0) is 75.5. The fraction of sp³-hybridized carbons (Fsp3) is 0.115. The molecule has 0 aliphatic heterocycles. The van der Waals surface area contributed by atoms with E-state index in [9.17, 15) is 75.8 Å². The molecule has 0 aliphatic rings. The second-order valence-corrected chi connectivity index (χ2v) is 33.4. The molecular weight excluding hydrogens is 1690 g/mol. The number of aryl methyl sites for hydroxylation is 2. The molecule has 9 aromatic rings. The Labute approximate surface area is 852 Å². The van der Waals surface area contributed by atoms with Gasteiger partial charge in [0, 0.05) is 51.2 Å². The van der Waals surface area contributed by atoms with Gasteiger partial charge in [-0.25, -0.2) is 75.8 Å². The number of nitrogens with two attached hydrogens (primary N) is 1. The Morgan fingerprint density at radius 3 is 0.769 bits per heavy atom. The Morgan fingerprint density at radius 1 is 0.324 bits per heavy atom. The molecule has 0 bridgehead atoms. The number of nitrogen functional groups attached to an aromatic ring is 1. The molecule has 0 unspecified atom stereocenters. The molecule has 0 aliphatic carbocycles. The summed E-state index contributed by atoms with van der Waals surface area (Å²) in [7, 11) is -33.1. The van der Waals surface area contributed by atoms with Gasteiger partial charge in [-0.05, 0) is 135 Å². The van der Waals surface area contributed by atoms with E-state index in [1.54, 1.807) is 133 Å². The Morgan fingerprint density at radius 2 is 0.528 bits per heavy atom. The molecule has 0 atom stereocenters. The van der Waals surface area contributed by atoms with Gasteiger partial charge in [0.25, 0.3) is 0 Å². The fourth-order valence-electron chi connectivity index (χ4n) is 6.18. The molecular formula is C61H68ClKLiN10Na7O18S9. The number of hydrogen-bond acceptors (Lipinski definition) is 19. The average molecular weight is 1760 g/mol. The van der Waals surface area contributed by atoms with Crippen molar-refractivity contribution >= 4 is 113 Å². The smallest absolute Gasteiger partial charge is 0.573 e. The zero-order valence-corrected chi connectivity index (χ0v) is 86.9. The molecule has 47 heteroatoms. The molecule has 9 N–H and O–H groups in total. The Kier molecular flexibility index (Phi) is 74.8. The summed E-state index contributed by atoms with van der Waals surface area (Å²) in [4.78, 5) is 0.569. The topological polar surface area (TPSA) is 528 Å². The van der Waals surface area contributed by atoms with Crippen molar-refractivity contribution in [1.82, 2.24) is 0 Å². The van der Waals surface area contributed by atoms with E-state index in [4.69, 9.17) is 53.3 Å². The van der Waals surface area contributed by atoms with Gasteiger partial charge < -0.3 is 51.2 Å². The van der Waals surface area contributed by atoms with Crippen molar-refractivity contribution in [1.29, 1.82) is 0 Å². The van der Waals surface area contributed by atoms with Crippen molar-refractivity contribution in [2.45, 2.75) is 72.8 Å². The molecule has 0 saturated heterocycles. The molecule has 0 spiro atoms. The minimum atomic E-state index is -3.83. The van der Waals surface area contributed by atoms with Gasteiger partial charge in [-0.1, -0.05) is 170 Å². The van der Waals surface area contributed by atoms with Gasteiger partial charge in [-0.2, -0.15) is 0 Å². The van der Waals surface area contributed by atoms with Crippen LogP contribution in [0.1, 0.15) is 30.9 Å². The van der Waals surface area contributed by atoms with Gasteiger partial charge >= 0.3 is 277 Å². The maximum Gasteiger partial charge on any atom is 1.00 e. The van der Waals surface area contributed by atoms with E-state index in [0.29, 0.717) is 22.9 Å². The fourth-order valence-corrected chi connectivity index (χ4v) is 11.3. The molecule has 108 heavy (non-hydrogen) atoms. The van der Waals surface area contributed by atoms with Crippen LogP contribution in [0.4, 0.5) is 11.4 Å². The van der Waals surface area contributed by atoms with Crippen molar-refractivity contribution in [3.8, 4) is 0 Å². The summed E-state index contributed by atoms with van der Waals surface area (Å²) in [6.07, 6.45) is 2.59. The predicted octanol–water partition coefficient (Wildman–Crippen LogP) is -11.9. The predicted molar refractivity (Wildman–Crippen MR) is 386 cm³/mol. The molecule has 0 amide bonds. The van der Waals surface area contributed by atoms with Crippen LogP contribution in [-0.2, 0) is 90.2 Å². The van der Waals surface area contributed by atoms with Gasteiger partial charge in [0.1, 0.15) is 20.0 Å². The van der Waals surface area contributed by atoms with Crippen LogP contribution < -0.4 is 283 Å². The number of hydrogen-bond donors (Lipinski definition) is 1. The van der Waals surface area contributed by atoms with Crippen LogP contribution in [0.15, 0.2) is 288 Å². The number of unbranched alkanes of at least 4 members (excludes halogenated alkanes) is 1. The number of benzene rings is 9. The Hall–Kier alpha value is 1.33. The van der Waals surface area contributed by atoms with Gasteiger partial charge in [-0.15, -0.1) is 12.2 Å². The minimum absolute atomic E-state index is 0. The first kappa shape index (κ1) is 127. The molecule has 28 nitrogen and oxygen atoms in total. The molecule has 0 radical (unpaired) electrons. The van der Waals surface area contributed by atoms with Crippen LogP contribution in [0.5, 0.6) is 0 Å². The first-order valence-electron chi connectivity index (χ1n) is 27.4. The molecule has 9 aromatic carbocycles. The number of rotatable bonds is 14. The summed E-state index contributed by atoms with van der Waals surface area (Å²) < 4.78 is 200. The first-order valence-corrected chi connectivity index (χ1v) is 41.4. The van der Waals surface area contributed by atoms with E-state index in [0.717, 1.165) is 30.2 Å². The second-order valence-electron chi connectivity index (χ2n) is 19.3. The maximum absolute atomic E-state index is 11.8. The number of nitrogens with zero attached hydrogens (tertiary/aromatic N) is 2. The third-order valence-electron chi connectivity index (χ3n) is 10.9. The molecule has 540 valence electrons. The van der Waals surface area contributed by atoms with E-state index in [1.807, 2.05) is 26.8 Å². The molecule has 0 fully saturated rings. The second kappa shape index (κ2) is 63.4. The van der Waals surface area contributed by atoms with Crippen molar-refractivity contribution in [3.63, 3.8) is 0 Å². The first-order chi connectivity index (χ1) is 45.6. The number of sulfonamides is 9. The molecule has 9 rings (SSSR count). The summed E-state index contributed by atoms with van der Waals surface area (Å²) in [5.41, 5.74) is 8.26. The normalized spacial score (nSPS) is 10.4. The van der Waals surface area contributed by atoms with Crippen LogP contribution in [0, 0.1) is 13.8 Å². The third-order valence-corrected chi connectivity index (χ3v) is 19.2. The van der Waals surface area contributed by atoms with E-state index < -0.39 is 90.2 Å². The monoisotopic (exact) mass is 1760 g/mol. The van der Waals surface area contributed by atoms with Gasteiger partial charge in [0.2, 0.25) is 0 Å². The van der Waals surface area contributed by atoms with Crippen LogP contribution in [0.3, 0.4) is 0 Å². The SMILES string of the molecule is CCCC[N-]S(=O)(=O)c1ccc(C)cc1.CS([NH-])(=O)=O.Cc1ccc(S([NH-])(=O)=O)cc1.O=S(=O)([N-]c1ccccc1)c1ccccc1.[K+].[Li+].[NH-]S(=O)(=O)c1ccc(Cl)cc1.[NH-]S(=O)(=O)c1ccc(N)cc1.[NH-]S(=O)(=O)c1ccccc1.[NH-]S(=O)(=O)c1ccccc1.[NH-]S(=O)(=O)c1ccccc1.[Na+].[Na+].[Na+].[Na+].[Na+].[Na+].[Na+]. The van der Waals surface area contributed by atoms with Crippen molar-refractivity contribution < 1.29 is 353 Å². The summed E-state index contributed by atoms with van der Waals surface area (Å²) in [5.74, 6) is 0. The summed E-state index contributed by atoms with van der Waals surface area (Å²) in [6, 6.07) is 63.7. The Balaban J connectivity index is -0.000000146. The number of nitrogens with one attached hydrogen (secondary N) is 7. The largest absolute Gasteiger partial charge is 1.00 e. The minimum Gasteiger partial charge on any atom is -0.573 e. The van der Waals surface area contributed by atoms with E-state index in [-0.39, 0.29) is 316 Å². The maximum atomic E-state index is 11.8. The van der Waals surface area contributed by atoms with E-state index in [2.05, 4.69) is 9.44 Å². The van der Waals surface area contributed by atoms with Crippen molar-refractivity contribution in [2.75, 3.05) is 18.5 Å². The van der Waals surface area contributed by atoms with Crippen LogP contribution >= 0.6 is 11.6 Å². The van der Waals surface area contributed by atoms with Gasteiger partial charge in [0.05, 0.1) is 75.1 Å². The number of halogens is 1. The third kappa shape index (κ3) is 61.6. The number of anilines is 1. The van der Waals surface area contributed by atoms with Crippen LogP contribution in [0.2, 0.25) is 5.02 Å². The summed E-state index contributed by atoms with van der Waals surface area (Å²) in [5, 5.41) is 46.4. The van der Waals surface area contributed by atoms with Crippen LogP contribution in [0.25, 0.3) is 45.4 Å². The summed E-state index contributed by atoms with van der Waals surface area (Å²) >= 11 is 5.51. The standard InChI is InChI=1S/C12H10NO2S.C11H16NO2S.C7H8NO2S.C6H5ClNO2S.C6H7N2O2S.3C6H6NO2S.CH4NO2S.K.Li.7Na/c14-16(15,12-9-5-2-6-10-12)13-11-7-3-1-4-8-11;1-3-4-9-12-15(13,14)11-7-5-10(2)6-8-11;1-6-2-4-7(5-3-6)11(8,9)10;2*7-5-1-3-6(4-2-5)11(8,9)10;3*7-10(8,9)6-4-2-1-3-5-6;1-5(2,3)4;;;;;;;;;/h1-10H;5-8H,3-4,9H2,1-2H3;2-5H,1H3,(H-,8,9,10);1-4H,(H-,8,9,10);1-4H,7H2,(H-,8,9,10);3*1-5H,(H-,7,8,9);1H3,(H-,2,3,4);;;;;;;;;/q9*-1;9*+1.